The van der Waals surface area contributed by atoms with Crippen LogP contribution in [0.5, 0.6) is 0 Å². The lowest BCUT2D eigenvalue weighted by molar-refractivity contribution is 0.0998. The lowest BCUT2D eigenvalue weighted by atomic mass is 10.1. The van der Waals surface area contributed by atoms with Gasteiger partial charge in [-0.3, -0.25) is 4.79 Å². The quantitative estimate of drug-likeness (QED) is 0.761. The number of benzene rings is 2. The van der Waals surface area contributed by atoms with Crippen LogP contribution in [0.25, 0.3) is 11.0 Å². The van der Waals surface area contributed by atoms with Crippen LogP contribution in [0.2, 0.25) is 0 Å². The third-order valence-corrected chi connectivity index (χ3v) is 3.70. The molecule has 112 valence electrons. The van der Waals surface area contributed by atoms with E-state index in [-0.39, 0.29) is 17.5 Å². The summed E-state index contributed by atoms with van der Waals surface area (Å²) in [4.78, 5) is 12.4. The number of halogens is 1. The minimum absolute atomic E-state index is 0.211. The normalized spacial score (nSPS) is 10.9. The zero-order valence-electron chi connectivity index (χ0n) is 12.4. The monoisotopic (exact) mass is 297 g/mol. The number of carbonyl (C=O) groups excluding carboxylic acids is 1. The van der Waals surface area contributed by atoms with Gasteiger partial charge in [0.15, 0.2) is 5.76 Å². The van der Waals surface area contributed by atoms with E-state index in [9.17, 15) is 9.18 Å². The van der Waals surface area contributed by atoms with E-state index in [1.54, 1.807) is 6.92 Å². The van der Waals surface area contributed by atoms with Crippen molar-refractivity contribution >= 4 is 22.6 Å². The minimum Gasteiger partial charge on any atom is -0.451 e. The second kappa shape index (κ2) is 5.64. The van der Waals surface area contributed by atoms with Crippen LogP contribution in [0.1, 0.15) is 28.6 Å². The number of fused-ring (bicyclic) bond motifs is 1. The van der Waals surface area contributed by atoms with Crippen LogP contribution in [0.15, 0.2) is 46.9 Å². The van der Waals surface area contributed by atoms with Gasteiger partial charge >= 0.3 is 0 Å². The molecule has 1 heterocycles. The standard InChI is InChI=1S/C18H16FNO2/c1-3-12-5-4-6-14(9-12)20-18(21)17-11(2)15-10-13(19)7-8-16(15)22-17/h4-10H,3H2,1-2H3,(H,20,21). The van der Waals surface area contributed by atoms with Crippen molar-refractivity contribution < 1.29 is 13.6 Å². The molecule has 0 atom stereocenters. The Labute approximate surface area is 127 Å². The molecule has 0 aliphatic carbocycles. The van der Waals surface area contributed by atoms with E-state index in [2.05, 4.69) is 12.2 Å². The summed E-state index contributed by atoms with van der Waals surface area (Å²) in [5, 5.41) is 3.44. The molecule has 0 radical (unpaired) electrons. The number of rotatable bonds is 3. The smallest absolute Gasteiger partial charge is 0.291 e. The van der Waals surface area contributed by atoms with Crippen molar-refractivity contribution in [3.63, 3.8) is 0 Å². The van der Waals surface area contributed by atoms with Gasteiger partial charge in [0.2, 0.25) is 0 Å². The van der Waals surface area contributed by atoms with Crippen molar-refractivity contribution in [2.24, 2.45) is 0 Å². The number of hydrogen-bond donors (Lipinski definition) is 1. The molecule has 0 saturated carbocycles. The Balaban J connectivity index is 1.93. The van der Waals surface area contributed by atoms with E-state index >= 15 is 0 Å². The Bertz CT molecular complexity index is 851. The SMILES string of the molecule is CCc1cccc(NC(=O)c2oc3ccc(F)cc3c2C)c1. The maximum absolute atomic E-state index is 13.3. The van der Waals surface area contributed by atoms with Gasteiger partial charge in [0, 0.05) is 16.6 Å². The summed E-state index contributed by atoms with van der Waals surface area (Å²) in [6.45, 7) is 3.81. The molecule has 0 saturated heterocycles. The van der Waals surface area contributed by atoms with Gasteiger partial charge in [-0.2, -0.15) is 0 Å². The molecule has 0 unspecified atom stereocenters. The van der Waals surface area contributed by atoms with Gasteiger partial charge in [0.25, 0.3) is 5.91 Å². The van der Waals surface area contributed by atoms with E-state index in [1.165, 1.54) is 18.2 Å². The zero-order valence-corrected chi connectivity index (χ0v) is 12.4. The minimum atomic E-state index is -0.348. The zero-order chi connectivity index (χ0) is 15.7. The van der Waals surface area contributed by atoms with Crippen molar-refractivity contribution in [3.8, 4) is 0 Å². The lowest BCUT2D eigenvalue weighted by Gasteiger charge is -2.05. The Morgan fingerprint density at radius 3 is 2.82 bits per heavy atom. The van der Waals surface area contributed by atoms with Gasteiger partial charge in [-0.15, -0.1) is 0 Å². The first kappa shape index (κ1) is 14.3. The highest BCUT2D eigenvalue weighted by Gasteiger charge is 2.18. The second-order valence-corrected chi connectivity index (χ2v) is 5.20. The third-order valence-electron chi connectivity index (χ3n) is 3.70. The molecule has 1 amide bonds. The van der Waals surface area contributed by atoms with Crippen LogP contribution in [0, 0.1) is 12.7 Å². The van der Waals surface area contributed by atoms with E-state index in [0.29, 0.717) is 16.5 Å². The first-order chi connectivity index (χ1) is 10.6. The Morgan fingerprint density at radius 1 is 1.23 bits per heavy atom. The lowest BCUT2D eigenvalue weighted by Crippen LogP contribution is -2.12. The molecule has 22 heavy (non-hydrogen) atoms. The number of hydrogen-bond acceptors (Lipinski definition) is 2. The molecule has 0 aliphatic rings. The summed E-state index contributed by atoms with van der Waals surface area (Å²) >= 11 is 0. The van der Waals surface area contributed by atoms with Crippen LogP contribution in [0.4, 0.5) is 10.1 Å². The van der Waals surface area contributed by atoms with Crippen molar-refractivity contribution in [1.82, 2.24) is 0 Å². The topological polar surface area (TPSA) is 42.2 Å². The molecule has 2 aromatic carbocycles. The van der Waals surface area contributed by atoms with Crippen LogP contribution in [-0.4, -0.2) is 5.91 Å². The molecule has 0 aliphatic heterocycles. The van der Waals surface area contributed by atoms with Crippen LogP contribution >= 0.6 is 0 Å². The first-order valence-electron chi connectivity index (χ1n) is 7.17. The first-order valence-corrected chi connectivity index (χ1v) is 7.17. The number of anilines is 1. The van der Waals surface area contributed by atoms with Crippen molar-refractivity contribution in [2.45, 2.75) is 20.3 Å². The van der Waals surface area contributed by atoms with Gasteiger partial charge in [0.1, 0.15) is 11.4 Å². The molecule has 0 spiro atoms. The molecule has 3 aromatic rings. The van der Waals surface area contributed by atoms with Gasteiger partial charge in [-0.1, -0.05) is 19.1 Å². The molecule has 4 heteroatoms. The Morgan fingerprint density at radius 2 is 2.05 bits per heavy atom. The van der Waals surface area contributed by atoms with E-state index < -0.39 is 0 Å². The molecular weight excluding hydrogens is 281 g/mol. The average Bonchev–Trinajstić information content (AvgIpc) is 2.84. The highest BCUT2D eigenvalue weighted by molar-refractivity contribution is 6.06. The number of amides is 1. The molecule has 0 fully saturated rings. The number of nitrogens with one attached hydrogen (secondary N) is 1. The van der Waals surface area contributed by atoms with Crippen LogP contribution < -0.4 is 5.32 Å². The maximum atomic E-state index is 13.3. The van der Waals surface area contributed by atoms with Crippen LogP contribution in [-0.2, 0) is 6.42 Å². The number of furan rings is 1. The van der Waals surface area contributed by atoms with Gasteiger partial charge < -0.3 is 9.73 Å². The molecule has 3 nitrogen and oxygen atoms in total. The van der Waals surface area contributed by atoms with Crippen molar-refractivity contribution in [1.29, 1.82) is 0 Å². The predicted octanol–water partition coefficient (Wildman–Crippen LogP) is 4.70. The second-order valence-electron chi connectivity index (χ2n) is 5.20. The molecular formula is C18H16FNO2. The van der Waals surface area contributed by atoms with E-state index in [0.717, 1.165) is 17.7 Å². The summed E-state index contributed by atoms with van der Waals surface area (Å²) in [6.07, 6.45) is 0.895. The fraction of sp³-hybridized carbons (Fsp3) is 0.167. The molecule has 0 bridgehead atoms. The third kappa shape index (κ3) is 2.60. The van der Waals surface area contributed by atoms with Crippen molar-refractivity contribution in [3.05, 3.63) is 65.2 Å². The Hall–Kier alpha value is -2.62. The van der Waals surface area contributed by atoms with Crippen LogP contribution in [0.3, 0.4) is 0 Å². The maximum Gasteiger partial charge on any atom is 0.291 e. The fourth-order valence-electron chi connectivity index (χ4n) is 2.47. The number of aryl methyl sites for hydroxylation is 2. The Kier molecular flexibility index (Phi) is 3.67. The molecule has 1 N–H and O–H groups in total. The number of carbonyl (C=O) groups is 1. The predicted molar refractivity (Wildman–Crippen MR) is 84.7 cm³/mol. The van der Waals surface area contributed by atoms with Gasteiger partial charge in [-0.25, -0.2) is 4.39 Å². The highest BCUT2D eigenvalue weighted by atomic mass is 19.1. The highest BCUT2D eigenvalue weighted by Crippen LogP contribution is 2.26. The molecule has 1 aromatic heterocycles. The van der Waals surface area contributed by atoms with E-state index in [4.69, 9.17) is 4.42 Å². The summed E-state index contributed by atoms with van der Waals surface area (Å²) in [5.41, 5.74) is 3.00. The largest absolute Gasteiger partial charge is 0.451 e. The molecule has 3 rings (SSSR count). The summed E-state index contributed by atoms with van der Waals surface area (Å²) in [6, 6.07) is 11.9. The van der Waals surface area contributed by atoms with Gasteiger partial charge in [0.05, 0.1) is 0 Å². The fourth-order valence-corrected chi connectivity index (χ4v) is 2.47. The van der Waals surface area contributed by atoms with Gasteiger partial charge in [-0.05, 0) is 49.2 Å². The summed E-state index contributed by atoms with van der Waals surface area (Å²) in [7, 11) is 0. The average molecular weight is 297 g/mol. The van der Waals surface area contributed by atoms with Crippen molar-refractivity contribution in [2.75, 3.05) is 5.32 Å². The summed E-state index contributed by atoms with van der Waals surface area (Å²) in [5.74, 6) is -0.469. The van der Waals surface area contributed by atoms with E-state index in [1.807, 2.05) is 24.3 Å². The summed E-state index contributed by atoms with van der Waals surface area (Å²) < 4.78 is 18.9.